The number of carbonyl (C=O) groups is 1. The number of hydrogen-bond acceptors (Lipinski definition) is 3. The van der Waals surface area contributed by atoms with Crippen LogP contribution in [0.3, 0.4) is 0 Å². The van der Waals surface area contributed by atoms with Gasteiger partial charge in [0.15, 0.2) is 0 Å². The van der Waals surface area contributed by atoms with Crippen LogP contribution in [-0.4, -0.2) is 43.0 Å². The SMILES string of the molecule is CC(C(=O)N1CCN(c2ccccc2Cl)c2ccccc21)N1CCCCC1. The number of carbonyl (C=O) groups excluding carboxylic acids is 1. The van der Waals surface area contributed by atoms with Gasteiger partial charge >= 0.3 is 0 Å². The second-order valence-electron chi connectivity index (χ2n) is 7.35. The first-order valence-electron chi connectivity index (χ1n) is 9.83. The summed E-state index contributed by atoms with van der Waals surface area (Å²) >= 11 is 6.45. The maximum Gasteiger partial charge on any atom is 0.244 e. The van der Waals surface area contributed by atoms with Gasteiger partial charge in [-0.2, -0.15) is 0 Å². The van der Waals surface area contributed by atoms with Crippen LogP contribution in [0.15, 0.2) is 48.5 Å². The van der Waals surface area contributed by atoms with Crippen molar-refractivity contribution in [2.75, 3.05) is 36.0 Å². The fraction of sp³-hybridized carbons (Fsp3) is 0.409. The van der Waals surface area contributed by atoms with Gasteiger partial charge in [0.05, 0.1) is 28.1 Å². The summed E-state index contributed by atoms with van der Waals surface area (Å²) in [7, 11) is 0. The van der Waals surface area contributed by atoms with E-state index in [-0.39, 0.29) is 11.9 Å². The summed E-state index contributed by atoms with van der Waals surface area (Å²) in [6.07, 6.45) is 3.65. The van der Waals surface area contributed by atoms with Gasteiger partial charge in [-0.3, -0.25) is 9.69 Å². The summed E-state index contributed by atoms with van der Waals surface area (Å²) in [5, 5.41) is 0.730. The average molecular weight is 384 g/mol. The first kappa shape index (κ1) is 18.3. The topological polar surface area (TPSA) is 26.8 Å². The quantitative estimate of drug-likeness (QED) is 0.768. The van der Waals surface area contributed by atoms with Gasteiger partial charge in [-0.15, -0.1) is 0 Å². The van der Waals surface area contributed by atoms with Crippen molar-refractivity contribution in [3.63, 3.8) is 0 Å². The first-order valence-corrected chi connectivity index (χ1v) is 10.2. The summed E-state index contributed by atoms with van der Waals surface area (Å²) in [6, 6.07) is 15.9. The zero-order chi connectivity index (χ0) is 18.8. The number of amides is 1. The van der Waals surface area contributed by atoms with Gasteiger partial charge in [0.1, 0.15) is 0 Å². The van der Waals surface area contributed by atoms with Gasteiger partial charge in [-0.25, -0.2) is 0 Å². The summed E-state index contributed by atoms with van der Waals surface area (Å²) in [6.45, 7) is 5.50. The molecule has 4 rings (SSSR count). The van der Waals surface area contributed by atoms with E-state index < -0.39 is 0 Å². The molecule has 1 fully saturated rings. The minimum Gasteiger partial charge on any atom is -0.337 e. The van der Waals surface area contributed by atoms with Gasteiger partial charge in [0.2, 0.25) is 5.91 Å². The Morgan fingerprint density at radius 3 is 2.19 bits per heavy atom. The highest BCUT2D eigenvalue weighted by atomic mass is 35.5. The molecule has 0 spiro atoms. The van der Waals surface area contributed by atoms with Crippen LogP contribution in [0.4, 0.5) is 17.1 Å². The number of rotatable bonds is 3. The second kappa shape index (κ2) is 7.91. The highest BCUT2D eigenvalue weighted by Crippen LogP contribution is 2.40. The van der Waals surface area contributed by atoms with Crippen LogP contribution in [0.1, 0.15) is 26.2 Å². The molecular weight excluding hydrogens is 358 g/mol. The van der Waals surface area contributed by atoms with E-state index in [1.165, 1.54) is 19.3 Å². The van der Waals surface area contributed by atoms with Crippen molar-refractivity contribution in [1.82, 2.24) is 4.90 Å². The maximum absolute atomic E-state index is 13.3. The fourth-order valence-corrected chi connectivity index (χ4v) is 4.44. The lowest BCUT2D eigenvalue weighted by atomic mass is 10.1. The number of piperidine rings is 1. The van der Waals surface area contributed by atoms with Crippen LogP contribution >= 0.6 is 11.6 Å². The number of hydrogen-bond donors (Lipinski definition) is 0. The smallest absolute Gasteiger partial charge is 0.244 e. The number of benzene rings is 2. The zero-order valence-corrected chi connectivity index (χ0v) is 16.5. The summed E-state index contributed by atoms with van der Waals surface area (Å²) in [5.74, 6) is 0.197. The van der Waals surface area contributed by atoms with Crippen LogP contribution in [0.5, 0.6) is 0 Å². The maximum atomic E-state index is 13.3. The van der Waals surface area contributed by atoms with Gasteiger partial charge in [-0.1, -0.05) is 42.3 Å². The minimum absolute atomic E-state index is 0.0785. The van der Waals surface area contributed by atoms with E-state index in [9.17, 15) is 4.79 Å². The van der Waals surface area contributed by atoms with E-state index in [0.717, 1.165) is 41.7 Å². The minimum atomic E-state index is -0.0785. The molecule has 0 saturated carbocycles. The Kier molecular flexibility index (Phi) is 5.37. The molecule has 2 aliphatic rings. The number of fused-ring (bicyclic) bond motifs is 1. The number of likely N-dealkylation sites (tertiary alicyclic amines) is 1. The van der Waals surface area contributed by atoms with Crippen molar-refractivity contribution in [1.29, 1.82) is 0 Å². The Labute approximate surface area is 166 Å². The molecule has 142 valence electrons. The Morgan fingerprint density at radius 2 is 1.48 bits per heavy atom. The molecule has 27 heavy (non-hydrogen) atoms. The number of nitrogens with zero attached hydrogens (tertiary/aromatic N) is 3. The van der Waals surface area contributed by atoms with Gasteiger partial charge < -0.3 is 9.80 Å². The lowest BCUT2D eigenvalue weighted by Crippen LogP contribution is -2.52. The molecule has 0 radical (unpaired) electrons. The molecule has 5 heteroatoms. The molecular formula is C22H26ClN3O. The lowest BCUT2D eigenvalue weighted by molar-refractivity contribution is -0.123. The molecule has 1 atom stereocenters. The van der Waals surface area contributed by atoms with Crippen LogP contribution in [0.2, 0.25) is 5.02 Å². The Morgan fingerprint density at radius 1 is 0.852 bits per heavy atom. The third-order valence-corrected chi connectivity index (χ3v) is 6.04. The Bertz CT molecular complexity index is 819. The van der Waals surface area contributed by atoms with Crippen LogP contribution in [-0.2, 0) is 4.79 Å². The fourth-order valence-electron chi connectivity index (χ4n) is 4.20. The normalized spacial score (nSPS) is 18.9. The lowest BCUT2D eigenvalue weighted by Gasteiger charge is -2.41. The average Bonchev–Trinajstić information content (AvgIpc) is 2.73. The third-order valence-electron chi connectivity index (χ3n) is 5.72. The van der Waals surface area contributed by atoms with E-state index in [1.54, 1.807) is 0 Å². The summed E-state index contributed by atoms with van der Waals surface area (Å²) < 4.78 is 0. The molecule has 0 bridgehead atoms. The zero-order valence-electron chi connectivity index (χ0n) is 15.8. The molecule has 1 unspecified atom stereocenters. The molecule has 2 aromatic carbocycles. The van der Waals surface area contributed by atoms with Gasteiger partial charge in [-0.05, 0) is 57.1 Å². The molecule has 0 aromatic heterocycles. The van der Waals surface area contributed by atoms with E-state index >= 15 is 0 Å². The molecule has 0 aliphatic carbocycles. The predicted molar refractivity (Wildman–Crippen MR) is 112 cm³/mol. The standard InChI is InChI=1S/C22H26ClN3O/c1-17(24-13-7-2-8-14-24)22(27)26-16-15-25(19-10-4-3-9-18(19)23)20-11-5-6-12-21(20)26/h3-6,9-12,17H,2,7-8,13-16H2,1H3. The van der Waals surface area contributed by atoms with E-state index in [1.807, 2.05) is 47.4 Å². The van der Waals surface area contributed by atoms with Gasteiger partial charge in [0, 0.05) is 13.1 Å². The van der Waals surface area contributed by atoms with Crippen molar-refractivity contribution < 1.29 is 4.79 Å². The molecule has 2 heterocycles. The molecule has 1 amide bonds. The van der Waals surface area contributed by atoms with Gasteiger partial charge in [0.25, 0.3) is 0 Å². The number of para-hydroxylation sites is 3. The molecule has 4 nitrogen and oxygen atoms in total. The largest absolute Gasteiger partial charge is 0.337 e. The first-order chi connectivity index (χ1) is 13.2. The van der Waals surface area contributed by atoms with Crippen molar-refractivity contribution in [2.24, 2.45) is 0 Å². The summed E-state index contributed by atoms with van der Waals surface area (Å²) in [4.78, 5) is 19.8. The van der Waals surface area contributed by atoms with Crippen LogP contribution < -0.4 is 9.80 Å². The second-order valence-corrected chi connectivity index (χ2v) is 7.76. The predicted octanol–water partition coefficient (Wildman–Crippen LogP) is 4.70. The number of anilines is 3. The number of halogens is 1. The van der Waals surface area contributed by atoms with Crippen LogP contribution in [0.25, 0.3) is 0 Å². The Balaban J connectivity index is 1.63. The van der Waals surface area contributed by atoms with E-state index in [0.29, 0.717) is 6.54 Å². The van der Waals surface area contributed by atoms with Crippen LogP contribution in [0, 0.1) is 0 Å². The van der Waals surface area contributed by atoms with E-state index in [4.69, 9.17) is 11.6 Å². The summed E-state index contributed by atoms with van der Waals surface area (Å²) in [5.41, 5.74) is 3.00. The van der Waals surface area contributed by atoms with Crippen molar-refractivity contribution >= 4 is 34.6 Å². The van der Waals surface area contributed by atoms with E-state index in [2.05, 4.69) is 22.8 Å². The van der Waals surface area contributed by atoms with Crippen molar-refractivity contribution in [3.05, 3.63) is 53.6 Å². The molecule has 1 saturated heterocycles. The third kappa shape index (κ3) is 3.56. The monoisotopic (exact) mass is 383 g/mol. The Hall–Kier alpha value is -2.04. The molecule has 0 N–H and O–H groups in total. The highest BCUT2D eigenvalue weighted by molar-refractivity contribution is 6.33. The van der Waals surface area contributed by atoms with Crippen molar-refractivity contribution in [2.45, 2.75) is 32.2 Å². The highest BCUT2D eigenvalue weighted by Gasteiger charge is 2.32. The molecule has 2 aliphatic heterocycles. The van der Waals surface area contributed by atoms with Crippen molar-refractivity contribution in [3.8, 4) is 0 Å². The molecule has 2 aromatic rings.